The summed E-state index contributed by atoms with van der Waals surface area (Å²) in [4.78, 5) is 0. The smallest absolute Gasteiger partial charge is 0.123 e. The van der Waals surface area contributed by atoms with Gasteiger partial charge in [-0.3, -0.25) is 0 Å². The predicted octanol–water partition coefficient (Wildman–Crippen LogP) is 2.79. The summed E-state index contributed by atoms with van der Waals surface area (Å²) < 4.78 is 18.8. The maximum atomic E-state index is 13.2. The number of halogens is 1. The van der Waals surface area contributed by atoms with Gasteiger partial charge in [0, 0.05) is 12.5 Å². The van der Waals surface area contributed by atoms with Gasteiger partial charge in [-0.25, -0.2) is 4.39 Å². The van der Waals surface area contributed by atoms with E-state index < -0.39 is 0 Å². The van der Waals surface area contributed by atoms with Crippen LogP contribution in [0.5, 0.6) is 5.75 Å². The van der Waals surface area contributed by atoms with Crippen molar-refractivity contribution in [2.24, 2.45) is 5.73 Å². The van der Waals surface area contributed by atoms with Crippen molar-refractivity contribution >= 4 is 0 Å². The van der Waals surface area contributed by atoms with Crippen molar-refractivity contribution in [2.75, 3.05) is 6.61 Å². The fourth-order valence-corrected chi connectivity index (χ4v) is 1.61. The Morgan fingerprint density at radius 1 is 1.50 bits per heavy atom. The van der Waals surface area contributed by atoms with Crippen molar-refractivity contribution in [3.05, 3.63) is 29.6 Å². The second kappa shape index (κ2) is 7.67. The summed E-state index contributed by atoms with van der Waals surface area (Å²) >= 11 is 0. The SMILES string of the molecule is CCC(N)Cc1cc(F)ccc1OCCCC#N. The molecule has 1 atom stereocenters. The Morgan fingerprint density at radius 2 is 2.28 bits per heavy atom. The summed E-state index contributed by atoms with van der Waals surface area (Å²) in [6.45, 7) is 2.46. The third-order valence-electron chi connectivity index (χ3n) is 2.72. The summed E-state index contributed by atoms with van der Waals surface area (Å²) in [7, 11) is 0. The van der Waals surface area contributed by atoms with Gasteiger partial charge in [0.05, 0.1) is 12.7 Å². The van der Waals surface area contributed by atoms with Crippen molar-refractivity contribution in [2.45, 2.75) is 38.6 Å². The van der Waals surface area contributed by atoms with Crippen LogP contribution in [-0.4, -0.2) is 12.6 Å². The number of hydrogen-bond donors (Lipinski definition) is 1. The van der Waals surface area contributed by atoms with Gasteiger partial charge in [0.25, 0.3) is 0 Å². The van der Waals surface area contributed by atoms with E-state index in [0.29, 0.717) is 31.6 Å². The van der Waals surface area contributed by atoms with Gasteiger partial charge in [0.1, 0.15) is 11.6 Å². The standard InChI is InChI=1S/C14H19FN2O/c1-2-13(17)10-11-9-12(15)5-6-14(11)18-8-4-3-7-16/h5-6,9,13H,2-4,8,10,17H2,1H3. The molecule has 0 aliphatic carbocycles. The lowest BCUT2D eigenvalue weighted by molar-refractivity contribution is 0.308. The van der Waals surface area contributed by atoms with E-state index in [0.717, 1.165) is 12.0 Å². The largest absolute Gasteiger partial charge is 0.493 e. The molecule has 98 valence electrons. The van der Waals surface area contributed by atoms with Crippen LogP contribution >= 0.6 is 0 Å². The fraction of sp³-hybridized carbons (Fsp3) is 0.500. The summed E-state index contributed by atoms with van der Waals surface area (Å²) in [5.74, 6) is 0.385. The van der Waals surface area contributed by atoms with E-state index in [9.17, 15) is 4.39 Å². The van der Waals surface area contributed by atoms with Crippen LogP contribution in [0.1, 0.15) is 31.7 Å². The number of rotatable bonds is 7. The zero-order valence-corrected chi connectivity index (χ0v) is 10.7. The normalized spacial score (nSPS) is 11.9. The third-order valence-corrected chi connectivity index (χ3v) is 2.72. The van der Waals surface area contributed by atoms with Crippen molar-refractivity contribution in [3.63, 3.8) is 0 Å². The number of nitriles is 1. The van der Waals surface area contributed by atoms with Crippen LogP contribution in [0.4, 0.5) is 4.39 Å². The zero-order valence-electron chi connectivity index (χ0n) is 10.7. The molecule has 0 radical (unpaired) electrons. The molecule has 0 aliphatic heterocycles. The highest BCUT2D eigenvalue weighted by atomic mass is 19.1. The molecule has 1 rings (SSSR count). The molecule has 0 aromatic heterocycles. The van der Waals surface area contributed by atoms with E-state index in [-0.39, 0.29) is 11.9 Å². The van der Waals surface area contributed by atoms with Gasteiger partial charge in [0.15, 0.2) is 0 Å². The van der Waals surface area contributed by atoms with Crippen LogP contribution in [0, 0.1) is 17.1 Å². The Bertz CT molecular complexity index is 415. The Kier molecular flexibility index (Phi) is 6.16. The lowest BCUT2D eigenvalue weighted by atomic mass is 10.0. The van der Waals surface area contributed by atoms with Gasteiger partial charge >= 0.3 is 0 Å². The Morgan fingerprint density at radius 3 is 2.94 bits per heavy atom. The Labute approximate surface area is 107 Å². The molecule has 0 heterocycles. The molecule has 1 aromatic carbocycles. The van der Waals surface area contributed by atoms with Crippen molar-refractivity contribution in [1.82, 2.24) is 0 Å². The maximum Gasteiger partial charge on any atom is 0.123 e. The van der Waals surface area contributed by atoms with Crippen LogP contribution in [-0.2, 0) is 6.42 Å². The monoisotopic (exact) mass is 250 g/mol. The average Bonchev–Trinajstić information content (AvgIpc) is 2.36. The van der Waals surface area contributed by atoms with E-state index >= 15 is 0 Å². The topological polar surface area (TPSA) is 59.0 Å². The number of unbranched alkanes of at least 4 members (excludes halogenated alkanes) is 1. The molecule has 0 spiro atoms. The van der Waals surface area contributed by atoms with E-state index in [2.05, 4.69) is 6.07 Å². The quantitative estimate of drug-likeness (QED) is 0.757. The lowest BCUT2D eigenvalue weighted by Crippen LogP contribution is -2.21. The molecule has 0 amide bonds. The molecule has 4 heteroatoms. The highest BCUT2D eigenvalue weighted by Crippen LogP contribution is 2.21. The fourth-order valence-electron chi connectivity index (χ4n) is 1.61. The van der Waals surface area contributed by atoms with E-state index in [1.807, 2.05) is 6.92 Å². The molecule has 0 bridgehead atoms. The minimum Gasteiger partial charge on any atom is -0.493 e. The summed E-state index contributed by atoms with van der Waals surface area (Å²) in [6.07, 6.45) is 2.57. The first-order chi connectivity index (χ1) is 8.67. The number of nitrogens with two attached hydrogens (primary N) is 1. The summed E-state index contributed by atoms with van der Waals surface area (Å²) in [5.41, 5.74) is 6.67. The maximum absolute atomic E-state index is 13.2. The molecule has 1 aromatic rings. The van der Waals surface area contributed by atoms with Crippen LogP contribution in [0.15, 0.2) is 18.2 Å². The zero-order chi connectivity index (χ0) is 13.4. The molecule has 1 unspecified atom stereocenters. The number of benzene rings is 1. The van der Waals surface area contributed by atoms with E-state index in [1.54, 1.807) is 6.07 Å². The van der Waals surface area contributed by atoms with Crippen molar-refractivity contribution in [3.8, 4) is 11.8 Å². The molecule has 0 fully saturated rings. The van der Waals surface area contributed by atoms with Crippen LogP contribution in [0.2, 0.25) is 0 Å². The minimum atomic E-state index is -0.280. The third kappa shape index (κ3) is 4.72. The van der Waals surface area contributed by atoms with Crippen LogP contribution in [0.3, 0.4) is 0 Å². The molecule has 0 saturated heterocycles. The molecule has 18 heavy (non-hydrogen) atoms. The average molecular weight is 250 g/mol. The van der Waals surface area contributed by atoms with E-state index in [4.69, 9.17) is 15.7 Å². The van der Waals surface area contributed by atoms with Gasteiger partial charge in [0.2, 0.25) is 0 Å². The summed E-state index contributed by atoms with van der Waals surface area (Å²) in [5, 5.41) is 8.43. The van der Waals surface area contributed by atoms with Gasteiger partial charge in [-0.15, -0.1) is 0 Å². The molecule has 2 N–H and O–H groups in total. The Balaban J connectivity index is 2.67. The first-order valence-corrected chi connectivity index (χ1v) is 6.21. The molecule has 0 saturated carbocycles. The first-order valence-electron chi connectivity index (χ1n) is 6.21. The summed E-state index contributed by atoms with van der Waals surface area (Å²) in [6, 6.07) is 6.53. The van der Waals surface area contributed by atoms with Crippen LogP contribution < -0.4 is 10.5 Å². The molecular weight excluding hydrogens is 231 g/mol. The highest BCUT2D eigenvalue weighted by Gasteiger charge is 2.09. The van der Waals surface area contributed by atoms with Crippen molar-refractivity contribution in [1.29, 1.82) is 5.26 Å². The van der Waals surface area contributed by atoms with Crippen molar-refractivity contribution < 1.29 is 9.13 Å². The second-order valence-electron chi connectivity index (χ2n) is 4.23. The first kappa shape index (κ1) is 14.5. The second-order valence-corrected chi connectivity index (χ2v) is 4.23. The Hall–Kier alpha value is -1.60. The molecule has 3 nitrogen and oxygen atoms in total. The van der Waals surface area contributed by atoms with Gasteiger partial charge in [-0.05, 0) is 43.0 Å². The number of ether oxygens (including phenoxy) is 1. The predicted molar refractivity (Wildman–Crippen MR) is 68.7 cm³/mol. The van der Waals surface area contributed by atoms with Gasteiger partial charge < -0.3 is 10.5 Å². The minimum absolute atomic E-state index is 0.00765. The molecule has 0 aliphatic rings. The molecular formula is C14H19FN2O. The lowest BCUT2D eigenvalue weighted by Gasteiger charge is -2.14. The van der Waals surface area contributed by atoms with E-state index in [1.165, 1.54) is 12.1 Å². The van der Waals surface area contributed by atoms with Gasteiger partial charge in [-0.1, -0.05) is 6.92 Å². The highest BCUT2D eigenvalue weighted by molar-refractivity contribution is 5.34. The number of nitrogens with zero attached hydrogens (tertiary/aromatic N) is 1. The number of hydrogen-bond acceptors (Lipinski definition) is 3. The van der Waals surface area contributed by atoms with Crippen LogP contribution in [0.25, 0.3) is 0 Å². The van der Waals surface area contributed by atoms with Gasteiger partial charge in [-0.2, -0.15) is 5.26 Å².